The molecule has 6 aromatic heterocycles. The number of rotatable bonds is 11. The maximum atomic E-state index is 13.1. The normalized spacial score (nSPS) is 11.0. The van der Waals surface area contributed by atoms with Crippen molar-refractivity contribution in [3.8, 4) is 33.8 Å². The van der Waals surface area contributed by atoms with Crippen LogP contribution in [0.4, 0.5) is 4.39 Å². The fourth-order valence-corrected chi connectivity index (χ4v) is 6.91. The van der Waals surface area contributed by atoms with Gasteiger partial charge >= 0.3 is 0 Å². The van der Waals surface area contributed by atoms with E-state index in [0.717, 1.165) is 5.56 Å². The smallest absolute Gasteiger partial charge is 0.278 e. The minimum atomic E-state index is -0.369. The number of aryl methyl sites for hydroxylation is 2. The van der Waals surface area contributed by atoms with Crippen LogP contribution in [-0.4, -0.2) is 78.7 Å². The molecule has 0 atom stereocenters. The van der Waals surface area contributed by atoms with Gasteiger partial charge in [0.05, 0.1) is 13.2 Å². The summed E-state index contributed by atoms with van der Waals surface area (Å²) in [5, 5.41) is 27.8. The van der Waals surface area contributed by atoms with Gasteiger partial charge in [-0.15, -0.1) is 0 Å². The molecule has 6 heterocycles. The Morgan fingerprint density at radius 1 is 0.453 bits per heavy atom. The van der Waals surface area contributed by atoms with Crippen molar-refractivity contribution < 1.29 is 19.7 Å². The van der Waals surface area contributed by atoms with Crippen LogP contribution in [-0.2, 0) is 19.6 Å². The lowest BCUT2D eigenvalue weighted by Gasteiger charge is -2.11. The maximum absolute atomic E-state index is 13.1. The van der Waals surface area contributed by atoms with Crippen LogP contribution in [0.15, 0.2) is 148 Å². The molecular formula is C47H41ClFN9O6. The van der Waals surface area contributed by atoms with Crippen LogP contribution in [0.25, 0.3) is 67.3 Å². The lowest BCUT2D eigenvalue weighted by atomic mass is 10.1. The van der Waals surface area contributed by atoms with Gasteiger partial charge < -0.3 is 15.3 Å². The van der Waals surface area contributed by atoms with Crippen LogP contribution in [0.1, 0.15) is 12.8 Å². The van der Waals surface area contributed by atoms with E-state index in [2.05, 4.69) is 29.9 Å². The first-order valence-corrected chi connectivity index (χ1v) is 20.6. The average molecular weight is 882 g/mol. The lowest BCUT2D eigenvalue weighted by Crippen LogP contribution is -2.25. The summed E-state index contributed by atoms with van der Waals surface area (Å²) in [6.07, 6.45) is 5.75. The van der Waals surface area contributed by atoms with E-state index in [4.69, 9.17) is 26.9 Å². The van der Waals surface area contributed by atoms with E-state index >= 15 is 0 Å². The summed E-state index contributed by atoms with van der Waals surface area (Å²) in [6.45, 7) is 0.818. The highest BCUT2D eigenvalue weighted by Crippen LogP contribution is 2.21. The standard InChI is InChI=1S/C16H14ClN3O2.C16H14FN3O2.C15H13N3O2/c2*17-12-6-4-11(5-7-12)14-16(22)20(9-2-10-21)15-13(19-14)3-1-8-18-15;19-10-9-18-14-12(7-4-8-16-14)17-13(15(18)20)11-5-2-1-3-6-11/h2*1,3-8,21H,2,9-10H2;1-8,19H,9-10H2. The van der Waals surface area contributed by atoms with Gasteiger partial charge in [-0.2, -0.15) is 0 Å². The summed E-state index contributed by atoms with van der Waals surface area (Å²) in [5.41, 5.74) is 5.60. The second-order valence-corrected chi connectivity index (χ2v) is 14.5. The zero-order chi connectivity index (χ0) is 45.0. The third-order valence-corrected chi connectivity index (χ3v) is 10.0. The van der Waals surface area contributed by atoms with Crippen molar-refractivity contribution in [1.82, 2.24) is 43.6 Å². The Hall–Kier alpha value is -7.37. The van der Waals surface area contributed by atoms with Crippen LogP contribution in [0.2, 0.25) is 5.02 Å². The summed E-state index contributed by atoms with van der Waals surface area (Å²) in [4.78, 5) is 63.7. The first-order valence-electron chi connectivity index (χ1n) is 20.2. The third kappa shape index (κ3) is 10.1. The maximum Gasteiger partial charge on any atom is 0.278 e. The third-order valence-electron chi connectivity index (χ3n) is 9.79. The van der Waals surface area contributed by atoms with Gasteiger partial charge in [0.2, 0.25) is 0 Å². The molecule has 9 rings (SSSR count). The molecule has 0 aliphatic rings. The molecule has 0 unspecified atom stereocenters. The summed E-state index contributed by atoms with van der Waals surface area (Å²) in [7, 11) is 0. The second-order valence-electron chi connectivity index (χ2n) is 14.0. The van der Waals surface area contributed by atoms with Gasteiger partial charge in [-0.25, -0.2) is 34.3 Å². The van der Waals surface area contributed by atoms with Gasteiger partial charge in [0.1, 0.15) is 39.4 Å². The second kappa shape index (κ2) is 21.1. The number of hydrogen-bond acceptors (Lipinski definition) is 12. The molecule has 0 bridgehead atoms. The van der Waals surface area contributed by atoms with Gasteiger partial charge in [-0.05, 0) is 85.6 Å². The molecule has 0 aliphatic carbocycles. The quantitative estimate of drug-likeness (QED) is 0.139. The van der Waals surface area contributed by atoms with Gasteiger partial charge in [-0.1, -0.05) is 54.1 Å². The molecule has 0 spiro atoms. The molecule has 3 aromatic carbocycles. The Balaban J connectivity index is 0.000000144. The van der Waals surface area contributed by atoms with Crippen molar-refractivity contribution >= 4 is 45.1 Å². The fraction of sp³-hybridized carbons (Fsp3) is 0.170. The highest BCUT2D eigenvalue weighted by molar-refractivity contribution is 6.30. The number of benzene rings is 3. The van der Waals surface area contributed by atoms with Crippen LogP contribution in [0, 0.1) is 5.82 Å². The largest absolute Gasteiger partial charge is 0.396 e. The first kappa shape index (κ1) is 44.7. The number of fused-ring (bicyclic) bond motifs is 3. The van der Waals surface area contributed by atoms with Gasteiger partial charge in [-0.3, -0.25) is 28.1 Å². The molecule has 324 valence electrons. The number of aliphatic hydroxyl groups excluding tert-OH is 3. The predicted molar refractivity (Wildman–Crippen MR) is 243 cm³/mol. The molecular weight excluding hydrogens is 841 g/mol. The summed E-state index contributed by atoms with van der Waals surface area (Å²) in [5.74, 6) is -0.369. The Bertz CT molecular complexity index is 3060. The number of nitrogens with zero attached hydrogens (tertiary/aromatic N) is 9. The molecule has 0 saturated carbocycles. The van der Waals surface area contributed by atoms with Crippen molar-refractivity contribution in [2.45, 2.75) is 32.5 Å². The minimum Gasteiger partial charge on any atom is -0.396 e. The summed E-state index contributed by atoms with van der Waals surface area (Å²) >= 11 is 5.89. The van der Waals surface area contributed by atoms with Crippen LogP contribution < -0.4 is 16.7 Å². The monoisotopic (exact) mass is 881 g/mol. The van der Waals surface area contributed by atoms with E-state index in [1.807, 2.05) is 42.5 Å². The summed E-state index contributed by atoms with van der Waals surface area (Å²) in [6, 6.07) is 32.6. The SMILES string of the molecule is O=c1c(-c2ccc(Cl)cc2)nc2cccnc2n1CCCO.O=c1c(-c2ccc(F)cc2)nc2cccnc2n1CCCO.O=c1c(-c2ccccc2)nc2cccnc2n1CCO. The highest BCUT2D eigenvalue weighted by atomic mass is 35.5. The Kier molecular flexibility index (Phi) is 14.8. The molecule has 9 aromatic rings. The topological polar surface area (TPSA) is 204 Å². The Labute approximate surface area is 369 Å². The molecule has 0 amide bonds. The zero-order valence-corrected chi connectivity index (χ0v) is 35.0. The van der Waals surface area contributed by atoms with Crippen molar-refractivity contribution in [2.75, 3.05) is 19.8 Å². The number of aromatic nitrogens is 9. The Morgan fingerprint density at radius 2 is 0.828 bits per heavy atom. The molecule has 0 fully saturated rings. The van der Waals surface area contributed by atoms with Gasteiger partial charge in [0.25, 0.3) is 16.7 Å². The molecule has 0 radical (unpaired) electrons. The zero-order valence-electron chi connectivity index (χ0n) is 34.2. The molecule has 15 nitrogen and oxygen atoms in total. The molecule has 64 heavy (non-hydrogen) atoms. The highest BCUT2D eigenvalue weighted by Gasteiger charge is 2.16. The molecule has 0 aliphatic heterocycles. The van der Waals surface area contributed by atoms with Gasteiger partial charge in [0.15, 0.2) is 16.9 Å². The van der Waals surface area contributed by atoms with Crippen LogP contribution in [0.3, 0.4) is 0 Å². The predicted octanol–water partition coefficient (Wildman–Crippen LogP) is 5.93. The van der Waals surface area contributed by atoms with Gasteiger partial charge in [0, 0.05) is 66.6 Å². The van der Waals surface area contributed by atoms with E-state index in [1.54, 1.807) is 71.7 Å². The van der Waals surface area contributed by atoms with Crippen LogP contribution >= 0.6 is 11.6 Å². The van der Waals surface area contributed by atoms with Crippen LogP contribution in [0.5, 0.6) is 0 Å². The van der Waals surface area contributed by atoms with Crippen molar-refractivity contribution in [3.63, 3.8) is 0 Å². The van der Waals surface area contributed by atoms with Crippen molar-refractivity contribution in [2.24, 2.45) is 0 Å². The Morgan fingerprint density at radius 3 is 1.22 bits per heavy atom. The lowest BCUT2D eigenvalue weighted by molar-refractivity contribution is 0.276. The minimum absolute atomic E-state index is 0.0133. The number of aliphatic hydroxyl groups is 3. The number of hydrogen-bond donors (Lipinski definition) is 3. The van der Waals surface area contributed by atoms with E-state index in [-0.39, 0.29) is 54.6 Å². The molecule has 3 N–H and O–H groups in total. The number of pyridine rings is 3. The fourth-order valence-electron chi connectivity index (χ4n) is 6.78. The first-order chi connectivity index (χ1) is 31.2. The van der Waals surface area contributed by atoms with E-state index in [0.29, 0.717) is 87.0 Å². The molecule has 17 heteroatoms. The summed E-state index contributed by atoms with van der Waals surface area (Å²) < 4.78 is 17.6. The van der Waals surface area contributed by atoms with E-state index in [1.165, 1.54) is 33.4 Å². The number of halogens is 2. The van der Waals surface area contributed by atoms with E-state index in [9.17, 15) is 18.8 Å². The average Bonchev–Trinajstić information content (AvgIpc) is 3.33. The van der Waals surface area contributed by atoms with Crippen molar-refractivity contribution in [1.29, 1.82) is 0 Å². The van der Waals surface area contributed by atoms with E-state index < -0.39 is 0 Å². The van der Waals surface area contributed by atoms with Crippen molar-refractivity contribution in [3.05, 3.63) is 176 Å². The molecule has 0 saturated heterocycles.